The van der Waals surface area contributed by atoms with Gasteiger partial charge in [0.05, 0.1) is 0 Å². The topological polar surface area (TPSA) is 12.0 Å². The highest BCUT2D eigenvalue weighted by Gasteiger charge is 2.15. The molecule has 2 aromatic carbocycles. The zero-order valence-corrected chi connectivity index (χ0v) is 12.0. The van der Waals surface area contributed by atoms with E-state index < -0.39 is 11.6 Å². The molecule has 1 atom stereocenters. The molecule has 0 saturated carbocycles. The van der Waals surface area contributed by atoms with Gasteiger partial charge in [0.25, 0.3) is 0 Å². The van der Waals surface area contributed by atoms with E-state index in [9.17, 15) is 8.78 Å². The zero-order valence-electron chi connectivity index (χ0n) is 10.5. The van der Waals surface area contributed by atoms with Crippen molar-refractivity contribution in [2.75, 3.05) is 7.05 Å². The average Bonchev–Trinajstić information content (AvgIpc) is 2.40. The van der Waals surface area contributed by atoms with Crippen molar-refractivity contribution in [2.45, 2.75) is 12.5 Å². The molecule has 19 heavy (non-hydrogen) atoms. The van der Waals surface area contributed by atoms with E-state index >= 15 is 0 Å². The first-order valence-electron chi connectivity index (χ1n) is 5.97. The maximum atomic E-state index is 13.7. The van der Waals surface area contributed by atoms with Crippen LogP contribution in [0.2, 0.25) is 0 Å². The molecule has 0 aliphatic carbocycles. The molecule has 0 radical (unpaired) electrons. The van der Waals surface area contributed by atoms with Crippen LogP contribution in [0.1, 0.15) is 17.2 Å². The highest BCUT2D eigenvalue weighted by molar-refractivity contribution is 9.10. The first-order valence-corrected chi connectivity index (χ1v) is 6.76. The predicted octanol–water partition coefficient (Wildman–Crippen LogP) is 4.23. The number of hydrogen-bond donors (Lipinski definition) is 1. The lowest BCUT2D eigenvalue weighted by Gasteiger charge is -2.17. The Morgan fingerprint density at radius 1 is 1.05 bits per heavy atom. The van der Waals surface area contributed by atoms with Crippen LogP contribution in [-0.2, 0) is 6.42 Å². The third kappa shape index (κ3) is 3.39. The van der Waals surface area contributed by atoms with Gasteiger partial charge < -0.3 is 5.32 Å². The van der Waals surface area contributed by atoms with Gasteiger partial charge in [-0.2, -0.15) is 0 Å². The van der Waals surface area contributed by atoms with E-state index in [-0.39, 0.29) is 18.0 Å². The van der Waals surface area contributed by atoms with Gasteiger partial charge in [-0.05, 0) is 43.3 Å². The van der Waals surface area contributed by atoms with Crippen molar-refractivity contribution in [1.82, 2.24) is 5.32 Å². The molecule has 1 N–H and O–H groups in total. The molecule has 0 fully saturated rings. The molecule has 0 bridgehead atoms. The van der Waals surface area contributed by atoms with Crippen LogP contribution in [0, 0.1) is 11.6 Å². The van der Waals surface area contributed by atoms with E-state index in [0.29, 0.717) is 0 Å². The number of hydrogen-bond acceptors (Lipinski definition) is 1. The predicted molar refractivity (Wildman–Crippen MR) is 76.0 cm³/mol. The summed E-state index contributed by atoms with van der Waals surface area (Å²) in [7, 11) is 1.78. The highest BCUT2D eigenvalue weighted by atomic mass is 79.9. The van der Waals surface area contributed by atoms with E-state index in [2.05, 4.69) is 21.2 Å². The van der Waals surface area contributed by atoms with Gasteiger partial charge in [-0.1, -0.05) is 34.1 Å². The van der Waals surface area contributed by atoms with Crippen LogP contribution in [0.15, 0.2) is 46.9 Å². The Hall–Kier alpha value is -1.26. The van der Waals surface area contributed by atoms with Crippen LogP contribution < -0.4 is 5.32 Å². The van der Waals surface area contributed by atoms with Gasteiger partial charge >= 0.3 is 0 Å². The van der Waals surface area contributed by atoms with E-state index in [1.807, 2.05) is 24.3 Å². The van der Waals surface area contributed by atoms with Gasteiger partial charge in [0.2, 0.25) is 0 Å². The summed E-state index contributed by atoms with van der Waals surface area (Å²) in [6, 6.07) is 11.5. The molecule has 0 saturated heterocycles. The molecule has 4 heteroatoms. The Kier molecular flexibility index (Phi) is 4.66. The van der Waals surface area contributed by atoms with Crippen molar-refractivity contribution in [3.8, 4) is 0 Å². The summed E-state index contributed by atoms with van der Waals surface area (Å²) < 4.78 is 28.3. The van der Waals surface area contributed by atoms with Crippen molar-refractivity contribution in [3.63, 3.8) is 0 Å². The Morgan fingerprint density at radius 2 is 1.63 bits per heavy atom. The summed E-state index contributed by atoms with van der Waals surface area (Å²) in [4.78, 5) is 0. The van der Waals surface area contributed by atoms with Crippen molar-refractivity contribution in [2.24, 2.45) is 0 Å². The Morgan fingerprint density at radius 3 is 2.16 bits per heavy atom. The second-order valence-electron chi connectivity index (χ2n) is 4.30. The standard InChI is InChI=1S/C15H14BrF2N/c1-19-15(10-5-7-11(16)8-6-10)9-12-13(17)3-2-4-14(12)18/h2-8,15,19H,9H2,1H3. The lowest BCUT2D eigenvalue weighted by molar-refractivity contribution is 0.515. The molecule has 1 nitrogen and oxygen atoms in total. The van der Waals surface area contributed by atoms with Crippen LogP contribution in [0.5, 0.6) is 0 Å². The molecule has 2 rings (SSSR count). The van der Waals surface area contributed by atoms with Gasteiger partial charge in [0.1, 0.15) is 11.6 Å². The molecule has 0 amide bonds. The second kappa shape index (κ2) is 6.26. The summed E-state index contributed by atoms with van der Waals surface area (Å²) in [6.07, 6.45) is 0.274. The monoisotopic (exact) mass is 325 g/mol. The molecule has 100 valence electrons. The number of likely N-dealkylation sites (N-methyl/N-ethyl adjacent to an activating group) is 1. The minimum Gasteiger partial charge on any atom is -0.313 e. The molecule has 2 aromatic rings. The number of rotatable bonds is 4. The van der Waals surface area contributed by atoms with Crippen molar-refractivity contribution in [1.29, 1.82) is 0 Å². The number of nitrogens with one attached hydrogen (secondary N) is 1. The van der Waals surface area contributed by atoms with Crippen LogP contribution in [0.4, 0.5) is 8.78 Å². The summed E-state index contributed by atoms with van der Waals surface area (Å²) in [5, 5.41) is 3.09. The fourth-order valence-electron chi connectivity index (χ4n) is 2.01. The second-order valence-corrected chi connectivity index (χ2v) is 5.21. The smallest absolute Gasteiger partial charge is 0.129 e. The summed E-state index contributed by atoms with van der Waals surface area (Å²) in [5.74, 6) is -1.00. The number of benzene rings is 2. The molecule has 0 aliphatic rings. The van der Waals surface area contributed by atoms with Crippen LogP contribution in [0.3, 0.4) is 0 Å². The van der Waals surface area contributed by atoms with Crippen molar-refractivity contribution in [3.05, 3.63) is 69.7 Å². The first kappa shape index (κ1) is 14.2. The van der Waals surface area contributed by atoms with E-state index in [1.54, 1.807) is 7.05 Å². The molecule has 1 unspecified atom stereocenters. The normalized spacial score (nSPS) is 12.4. The average molecular weight is 326 g/mol. The van der Waals surface area contributed by atoms with Gasteiger partial charge in [-0.25, -0.2) is 8.78 Å². The maximum absolute atomic E-state index is 13.7. The lowest BCUT2D eigenvalue weighted by atomic mass is 9.98. The molecular weight excluding hydrogens is 312 g/mol. The van der Waals surface area contributed by atoms with E-state index in [1.165, 1.54) is 18.2 Å². The summed E-state index contributed by atoms with van der Waals surface area (Å²) in [5.41, 5.74) is 1.11. The first-order chi connectivity index (χ1) is 9.11. The zero-order chi connectivity index (χ0) is 13.8. The fourth-order valence-corrected chi connectivity index (χ4v) is 2.28. The molecular formula is C15H14BrF2N. The quantitative estimate of drug-likeness (QED) is 0.887. The Bertz CT molecular complexity index is 534. The number of halogens is 3. The summed E-state index contributed by atoms with van der Waals surface area (Å²) >= 11 is 3.37. The van der Waals surface area contributed by atoms with E-state index in [4.69, 9.17) is 0 Å². The third-order valence-electron chi connectivity index (χ3n) is 3.09. The van der Waals surface area contributed by atoms with Gasteiger partial charge in [0, 0.05) is 16.1 Å². The van der Waals surface area contributed by atoms with Gasteiger partial charge in [0.15, 0.2) is 0 Å². The van der Waals surface area contributed by atoms with Crippen molar-refractivity contribution < 1.29 is 8.78 Å². The Balaban J connectivity index is 2.26. The van der Waals surface area contributed by atoms with Crippen molar-refractivity contribution >= 4 is 15.9 Å². The fraction of sp³-hybridized carbons (Fsp3) is 0.200. The SMILES string of the molecule is CNC(Cc1c(F)cccc1F)c1ccc(Br)cc1. The van der Waals surface area contributed by atoms with Crippen LogP contribution in [0.25, 0.3) is 0 Å². The van der Waals surface area contributed by atoms with Gasteiger partial charge in [-0.3, -0.25) is 0 Å². The maximum Gasteiger partial charge on any atom is 0.129 e. The highest BCUT2D eigenvalue weighted by Crippen LogP contribution is 2.23. The molecule has 0 aromatic heterocycles. The minimum absolute atomic E-state index is 0.116. The van der Waals surface area contributed by atoms with Crippen LogP contribution in [-0.4, -0.2) is 7.05 Å². The molecule has 0 heterocycles. The van der Waals surface area contributed by atoms with Gasteiger partial charge in [-0.15, -0.1) is 0 Å². The lowest BCUT2D eigenvalue weighted by Crippen LogP contribution is -2.20. The Labute approximate surface area is 119 Å². The molecule has 0 spiro atoms. The third-order valence-corrected chi connectivity index (χ3v) is 3.62. The largest absolute Gasteiger partial charge is 0.313 e. The minimum atomic E-state index is -0.502. The summed E-state index contributed by atoms with van der Waals surface area (Å²) in [6.45, 7) is 0. The molecule has 0 aliphatic heterocycles. The van der Waals surface area contributed by atoms with Crippen LogP contribution >= 0.6 is 15.9 Å². The van der Waals surface area contributed by atoms with E-state index in [0.717, 1.165) is 10.0 Å².